The van der Waals surface area contributed by atoms with Crippen molar-refractivity contribution in [3.63, 3.8) is 0 Å². The Kier molecular flexibility index (Phi) is 13.0. The summed E-state index contributed by atoms with van der Waals surface area (Å²) in [4.78, 5) is 16.8. The molecule has 0 saturated heterocycles. The predicted octanol–water partition coefficient (Wildman–Crippen LogP) is 5.21. The number of Topliss-reactive ketones (excluding diaryl/α,β-unsaturated/α-hetero) is 1. The van der Waals surface area contributed by atoms with E-state index in [1.54, 1.807) is 13.1 Å². The molecule has 1 N–H and O–H groups in total. The lowest BCUT2D eigenvalue weighted by Crippen LogP contribution is -2.35. The van der Waals surface area contributed by atoms with Gasteiger partial charge in [0, 0.05) is 18.7 Å². The molecule has 0 atom stereocenters. The lowest BCUT2D eigenvalue weighted by Gasteiger charge is -2.20. The first kappa shape index (κ1) is 21.4. The molecule has 23 heavy (non-hydrogen) atoms. The summed E-state index contributed by atoms with van der Waals surface area (Å²) in [6.07, 6.45) is 15.5. The van der Waals surface area contributed by atoms with Crippen molar-refractivity contribution in [1.82, 2.24) is 5.32 Å². The van der Waals surface area contributed by atoms with Crippen LogP contribution in [0.15, 0.2) is 41.6 Å². The van der Waals surface area contributed by atoms with Crippen LogP contribution in [0.25, 0.3) is 0 Å². The summed E-state index contributed by atoms with van der Waals surface area (Å²) in [6.45, 7) is 9.64. The van der Waals surface area contributed by atoms with Crippen molar-refractivity contribution in [3.05, 3.63) is 36.6 Å². The fraction of sp³-hybridized carbons (Fsp3) is 0.600. The number of nitrogens with one attached hydrogen (secondary N) is 1. The Morgan fingerprint density at radius 1 is 1.13 bits per heavy atom. The van der Waals surface area contributed by atoms with Crippen LogP contribution in [0.5, 0.6) is 0 Å². The fourth-order valence-corrected chi connectivity index (χ4v) is 2.72. The lowest BCUT2D eigenvalue weighted by molar-refractivity contribution is -0.117. The molecule has 0 amide bonds. The third-order valence-corrected chi connectivity index (χ3v) is 3.84. The molecule has 0 heterocycles. The highest BCUT2D eigenvalue weighted by Crippen LogP contribution is 2.23. The van der Waals surface area contributed by atoms with E-state index in [4.69, 9.17) is 0 Å². The first-order chi connectivity index (χ1) is 11.2. The van der Waals surface area contributed by atoms with Crippen molar-refractivity contribution in [2.45, 2.75) is 65.7 Å². The van der Waals surface area contributed by atoms with Gasteiger partial charge in [0.2, 0.25) is 5.78 Å². The Balaban J connectivity index is 0.00000232. The number of aliphatic imine (C=N–C) groups is 1. The number of nitrogens with zero attached hydrogens (tertiary/aromatic N) is 1. The average Bonchev–Trinajstić information content (AvgIpc) is 2.54. The number of carbonyl (C=O) groups excluding carboxylic acids is 1. The van der Waals surface area contributed by atoms with Crippen molar-refractivity contribution >= 4 is 11.6 Å². The molecule has 1 rings (SSSR count). The second-order valence-electron chi connectivity index (χ2n) is 5.46. The Hall–Kier alpha value is -1.64. The van der Waals surface area contributed by atoms with Crippen molar-refractivity contribution in [2.75, 3.05) is 7.05 Å². The van der Waals surface area contributed by atoms with E-state index in [0.29, 0.717) is 5.84 Å². The van der Waals surface area contributed by atoms with Gasteiger partial charge in [-0.15, -0.1) is 0 Å². The first-order valence-corrected chi connectivity index (χ1v) is 8.96. The summed E-state index contributed by atoms with van der Waals surface area (Å²) in [7, 11) is 1.67. The zero-order chi connectivity index (χ0) is 17.5. The maximum atomic E-state index is 12.7. The number of ketones is 1. The summed E-state index contributed by atoms with van der Waals surface area (Å²) in [6, 6.07) is 0. The van der Waals surface area contributed by atoms with E-state index in [2.05, 4.69) is 16.9 Å². The van der Waals surface area contributed by atoms with Gasteiger partial charge in [0.15, 0.2) is 5.84 Å². The summed E-state index contributed by atoms with van der Waals surface area (Å²) < 4.78 is 0. The van der Waals surface area contributed by atoms with Gasteiger partial charge in [0.1, 0.15) is 0 Å². The van der Waals surface area contributed by atoms with Crippen LogP contribution in [0, 0.1) is 5.92 Å². The molecular formula is C20H34N2O. The molecule has 0 aliphatic heterocycles. The van der Waals surface area contributed by atoms with E-state index >= 15 is 0 Å². The predicted molar refractivity (Wildman–Crippen MR) is 102 cm³/mol. The van der Waals surface area contributed by atoms with E-state index in [-0.39, 0.29) is 11.7 Å². The van der Waals surface area contributed by atoms with Crippen LogP contribution in [-0.4, -0.2) is 18.7 Å². The third kappa shape index (κ3) is 8.53. The quantitative estimate of drug-likeness (QED) is 0.430. The molecule has 1 fully saturated rings. The van der Waals surface area contributed by atoms with E-state index in [1.165, 1.54) is 19.3 Å². The van der Waals surface area contributed by atoms with E-state index in [9.17, 15) is 4.79 Å². The Bertz CT molecular complexity index is 425. The Morgan fingerprint density at radius 3 is 2.17 bits per heavy atom. The highest BCUT2D eigenvalue weighted by atomic mass is 16.1. The summed E-state index contributed by atoms with van der Waals surface area (Å²) in [5.74, 6) is 0.734. The normalized spacial score (nSPS) is 17.7. The second-order valence-corrected chi connectivity index (χ2v) is 5.46. The summed E-state index contributed by atoms with van der Waals surface area (Å²) in [5, 5.41) is 3.14. The maximum absolute atomic E-state index is 12.7. The number of amidine groups is 1. The summed E-state index contributed by atoms with van der Waals surface area (Å²) in [5.41, 5.74) is 0.840. The molecule has 0 aromatic rings. The second kappa shape index (κ2) is 14.0. The van der Waals surface area contributed by atoms with Gasteiger partial charge < -0.3 is 5.32 Å². The Labute approximate surface area is 142 Å². The van der Waals surface area contributed by atoms with Gasteiger partial charge in [-0.1, -0.05) is 64.7 Å². The number of hydrogen-bond acceptors (Lipinski definition) is 2. The summed E-state index contributed by atoms with van der Waals surface area (Å²) >= 11 is 0. The van der Waals surface area contributed by atoms with Crippen molar-refractivity contribution < 1.29 is 4.79 Å². The number of rotatable bonds is 5. The number of allylic oxidation sites excluding steroid dienone is 4. The van der Waals surface area contributed by atoms with E-state index in [0.717, 1.165) is 31.4 Å². The van der Waals surface area contributed by atoms with Crippen molar-refractivity contribution in [3.8, 4) is 0 Å². The van der Waals surface area contributed by atoms with Crippen molar-refractivity contribution in [2.24, 2.45) is 10.9 Å². The molecule has 0 spiro atoms. The highest BCUT2D eigenvalue weighted by molar-refractivity contribution is 6.40. The number of carbonyl (C=O) groups is 1. The minimum absolute atomic E-state index is 0.118. The van der Waals surface area contributed by atoms with Crippen LogP contribution in [-0.2, 0) is 4.79 Å². The Morgan fingerprint density at radius 2 is 1.70 bits per heavy atom. The molecule has 0 unspecified atom stereocenters. The largest absolute Gasteiger partial charge is 0.338 e. The molecule has 0 aromatic carbocycles. The minimum Gasteiger partial charge on any atom is -0.338 e. The molecule has 1 aliphatic carbocycles. The van der Waals surface area contributed by atoms with Crippen LogP contribution < -0.4 is 5.32 Å². The lowest BCUT2D eigenvalue weighted by atomic mass is 9.87. The molecule has 3 nitrogen and oxygen atoms in total. The topological polar surface area (TPSA) is 41.5 Å². The van der Waals surface area contributed by atoms with Gasteiger partial charge in [0.25, 0.3) is 0 Å². The van der Waals surface area contributed by atoms with Crippen molar-refractivity contribution in [1.29, 1.82) is 0 Å². The van der Waals surface area contributed by atoms with Crippen LogP contribution in [0.1, 0.15) is 65.7 Å². The van der Waals surface area contributed by atoms with Crippen LogP contribution in [0.4, 0.5) is 0 Å². The van der Waals surface area contributed by atoms with Gasteiger partial charge in [-0.2, -0.15) is 0 Å². The zero-order valence-corrected chi connectivity index (χ0v) is 15.4. The maximum Gasteiger partial charge on any atom is 0.200 e. The minimum atomic E-state index is 0.118. The molecule has 0 radical (unpaired) electrons. The van der Waals surface area contributed by atoms with Crippen LogP contribution in [0.3, 0.4) is 0 Å². The SMILES string of the molecule is C=C/C=C(\C=C/C)NC(=NC)C(=O)C1CCCCCCC1.CC. The van der Waals surface area contributed by atoms with Crippen LogP contribution in [0.2, 0.25) is 0 Å². The number of hydrogen-bond donors (Lipinski definition) is 1. The van der Waals surface area contributed by atoms with Gasteiger partial charge in [-0.05, 0) is 31.9 Å². The molecule has 0 bridgehead atoms. The standard InChI is InChI=1S/C18H28N2O.C2H6/c1-4-11-16(12-5-2)20-18(19-3)17(21)15-13-9-7-6-8-10-14-15;1-2/h4-5,11-12,15H,1,6-10,13-14H2,2-3H3,(H,19,20);1-2H3/b12-5-,16-11+;. The molecule has 1 saturated carbocycles. The van der Waals surface area contributed by atoms with Gasteiger partial charge in [-0.25, -0.2) is 0 Å². The van der Waals surface area contributed by atoms with E-state index < -0.39 is 0 Å². The van der Waals surface area contributed by atoms with Gasteiger partial charge >= 0.3 is 0 Å². The van der Waals surface area contributed by atoms with Crippen LogP contribution >= 0.6 is 0 Å². The molecule has 130 valence electrons. The first-order valence-electron chi connectivity index (χ1n) is 8.96. The van der Waals surface area contributed by atoms with E-state index in [1.807, 2.05) is 39.0 Å². The molecule has 1 aliphatic rings. The molecular weight excluding hydrogens is 284 g/mol. The van der Waals surface area contributed by atoms with Gasteiger partial charge in [0.05, 0.1) is 0 Å². The van der Waals surface area contributed by atoms with Gasteiger partial charge in [-0.3, -0.25) is 9.79 Å². The monoisotopic (exact) mass is 318 g/mol. The molecule has 0 aromatic heterocycles. The fourth-order valence-electron chi connectivity index (χ4n) is 2.72. The third-order valence-electron chi connectivity index (χ3n) is 3.84. The zero-order valence-electron chi connectivity index (χ0n) is 15.4. The smallest absolute Gasteiger partial charge is 0.200 e. The average molecular weight is 319 g/mol. The molecule has 3 heteroatoms. The highest BCUT2D eigenvalue weighted by Gasteiger charge is 2.23.